The minimum atomic E-state index is -4.71. The van der Waals surface area contributed by atoms with E-state index < -0.39 is 12.3 Å². The molecule has 0 amide bonds. The molecule has 0 atom stereocenters. The van der Waals surface area contributed by atoms with Gasteiger partial charge in [0.05, 0.1) is 6.42 Å². The molecular weight excluding hydrogens is 263 g/mol. The second-order valence-electron chi connectivity index (χ2n) is 4.08. The van der Waals surface area contributed by atoms with Crippen molar-refractivity contribution in [2.75, 3.05) is 13.6 Å². The number of nitrogens with zero attached hydrogens (tertiary/aromatic N) is 1. The zero-order valence-electron chi connectivity index (χ0n) is 10.3. The topological polar surface area (TPSA) is 49.8 Å². The molecule has 0 saturated carbocycles. The van der Waals surface area contributed by atoms with Gasteiger partial charge in [0.25, 0.3) is 0 Å². The number of aliphatic carboxylic acids is 1. The highest BCUT2D eigenvalue weighted by atomic mass is 19.4. The number of ether oxygens (including phenoxy) is 1. The Morgan fingerprint density at radius 2 is 2.11 bits per heavy atom. The summed E-state index contributed by atoms with van der Waals surface area (Å²) < 4.78 is 40.0. The van der Waals surface area contributed by atoms with Gasteiger partial charge in [-0.15, -0.1) is 13.2 Å². The van der Waals surface area contributed by atoms with Crippen LogP contribution in [0.3, 0.4) is 0 Å². The van der Waals surface area contributed by atoms with E-state index in [1.54, 1.807) is 18.0 Å². The normalized spacial score (nSPS) is 11.6. The summed E-state index contributed by atoms with van der Waals surface area (Å²) in [6.07, 6.45) is -4.73. The van der Waals surface area contributed by atoms with E-state index in [4.69, 9.17) is 5.11 Å². The first-order valence-corrected chi connectivity index (χ1v) is 5.51. The lowest BCUT2D eigenvalue weighted by Gasteiger charge is -2.16. The van der Waals surface area contributed by atoms with Crippen LogP contribution in [-0.2, 0) is 11.3 Å². The van der Waals surface area contributed by atoms with Crippen molar-refractivity contribution in [3.63, 3.8) is 0 Å². The van der Waals surface area contributed by atoms with Gasteiger partial charge in [0, 0.05) is 13.1 Å². The Hall–Kier alpha value is -1.76. The van der Waals surface area contributed by atoms with Crippen LogP contribution in [0.2, 0.25) is 0 Å². The van der Waals surface area contributed by atoms with Gasteiger partial charge in [-0.1, -0.05) is 12.1 Å². The van der Waals surface area contributed by atoms with Crippen LogP contribution in [0.25, 0.3) is 0 Å². The fourth-order valence-electron chi connectivity index (χ4n) is 1.52. The van der Waals surface area contributed by atoms with Crippen molar-refractivity contribution < 1.29 is 27.8 Å². The van der Waals surface area contributed by atoms with Gasteiger partial charge in [-0.3, -0.25) is 4.79 Å². The number of carboxylic acid groups (broad SMARTS) is 1. The Balaban J connectivity index is 2.59. The first-order valence-electron chi connectivity index (χ1n) is 5.51. The second kappa shape index (κ2) is 6.42. The van der Waals surface area contributed by atoms with Gasteiger partial charge in [-0.25, -0.2) is 0 Å². The molecule has 4 nitrogen and oxygen atoms in total. The fraction of sp³-hybridized carbons (Fsp3) is 0.417. The van der Waals surface area contributed by atoms with E-state index in [1.165, 1.54) is 18.2 Å². The van der Waals surface area contributed by atoms with E-state index in [9.17, 15) is 18.0 Å². The summed E-state index contributed by atoms with van der Waals surface area (Å²) in [6.45, 7) is 0.669. The van der Waals surface area contributed by atoms with Crippen LogP contribution in [0.5, 0.6) is 5.75 Å². The summed E-state index contributed by atoms with van der Waals surface area (Å²) in [5.41, 5.74) is 0.620. The summed E-state index contributed by atoms with van der Waals surface area (Å²) in [5, 5.41) is 8.53. The minimum absolute atomic E-state index is 0.0186. The maximum atomic E-state index is 12.0. The molecule has 1 N–H and O–H groups in total. The molecule has 0 aliphatic carbocycles. The maximum Gasteiger partial charge on any atom is 0.573 e. The molecule has 7 heteroatoms. The lowest BCUT2D eigenvalue weighted by Crippen LogP contribution is -2.21. The predicted octanol–water partition coefficient (Wildman–Crippen LogP) is 2.49. The van der Waals surface area contributed by atoms with E-state index in [0.717, 1.165) is 0 Å². The molecule has 106 valence electrons. The monoisotopic (exact) mass is 277 g/mol. The highest BCUT2D eigenvalue weighted by Crippen LogP contribution is 2.23. The number of hydrogen-bond acceptors (Lipinski definition) is 3. The third-order valence-electron chi connectivity index (χ3n) is 2.29. The van der Waals surface area contributed by atoms with Gasteiger partial charge >= 0.3 is 12.3 Å². The molecule has 0 unspecified atom stereocenters. The number of carbonyl (C=O) groups is 1. The average Bonchev–Trinajstić information content (AvgIpc) is 2.24. The lowest BCUT2D eigenvalue weighted by molar-refractivity contribution is -0.274. The van der Waals surface area contributed by atoms with Gasteiger partial charge < -0.3 is 14.7 Å². The van der Waals surface area contributed by atoms with E-state index in [1.807, 2.05) is 0 Å². The number of benzene rings is 1. The van der Waals surface area contributed by atoms with Gasteiger partial charge in [-0.2, -0.15) is 0 Å². The van der Waals surface area contributed by atoms with Crippen LogP contribution in [0.1, 0.15) is 12.0 Å². The van der Waals surface area contributed by atoms with Crippen molar-refractivity contribution in [2.24, 2.45) is 0 Å². The summed E-state index contributed by atoms with van der Waals surface area (Å²) in [4.78, 5) is 12.1. The van der Waals surface area contributed by atoms with Gasteiger partial charge in [0.2, 0.25) is 0 Å². The molecule has 19 heavy (non-hydrogen) atoms. The summed E-state index contributed by atoms with van der Waals surface area (Å²) in [5.74, 6) is -1.20. The minimum Gasteiger partial charge on any atom is -0.481 e. The first-order chi connectivity index (χ1) is 8.76. The Morgan fingerprint density at radius 1 is 1.42 bits per heavy atom. The average molecular weight is 277 g/mol. The third-order valence-corrected chi connectivity index (χ3v) is 2.29. The second-order valence-corrected chi connectivity index (χ2v) is 4.08. The van der Waals surface area contributed by atoms with Gasteiger partial charge in [-0.05, 0) is 24.7 Å². The van der Waals surface area contributed by atoms with Crippen molar-refractivity contribution in [1.29, 1.82) is 0 Å². The molecule has 0 fully saturated rings. The van der Waals surface area contributed by atoms with Crippen LogP contribution in [-0.4, -0.2) is 35.9 Å². The van der Waals surface area contributed by atoms with Crippen molar-refractivity contribution in [3.8, 4) is 5.75 Å². The molecule has 0 radical (unpaired) electrons. The SMILES string of the molecule is CN(CCC(=O)O)Cc1cccc(OC(F)(F)F)c1. The van der Waals surface area contributed by atoms with Crippen molar-refractivity contribution in [3.05, 3.63) is 29.8 Å². The van der Waals surface area contributed by atoms with Crippen LogP contribution in [0, 0.1) is 0 Å². The van der Waals surface area contributed by atoms with Crippen molar-refractivity contribution in [1.82, 2.24) is 4.90 Å². The lowest BCUT2D eigenvalue weighted by atomic mass is 10.2. The van der Waals surface area contributed by atoms with E-state index >= 15 is 0 Å². The van der Waals surface area contributed by atoms with Crippen LogP contribution in [0.15, 0.2) is 24.3 Å². The van der Waals surface area contributed by atoms with Gasteiger partial charge in [0.1, 0.15) is 5.75 Å². The summed E-state index contributed by atoms with van der Waals surface area (Å²) >= 11 is 0. The Labute approximate surface area is 108 Å². The molecule has 0 bridgehead atoms. The molecule has 0 aliphatic heterocycles. The number of hydrogen-bond donors (Lipinski definition) is 1. The quantitative estimate of drug-likeness (QED) is 0.868. The molecular formula is C12H14F3NO3. The number of rotatable bonds is 6. The summed E-state index contributed by atoms with van der Waals surface area (Å²) in [7, 11) is 1.69. The highest BCUT2D eigenvalue weighted by Gasteiger charge is 2.31. The smallest absolute Gasteiger partial charge is 0.481 e. The highest BCUT2D eigenvalue weighted by molar-refractivity contribution is 5.66. The molecule has 0 spiro atoms. The Bertz CT molecular complexity index is 434. The number of carboxylic acids is 1. The first kappa shape index (κ1) is 15.3. The molecule has 0 aliphatic rings. The van der Waals surface area contributed by atoms with Crippen molar-refractivity contribution in [2.45, 2.75) is 19.3 Å². The standard InChI is InChI=1S/C12H14F3NO3/c1-16(6-5-11(17)18)8-9-3-2-4-10(7-9)19-12(13,14)15/h2-4,7H,5-6,8H2,1H3,(H,17,18). The van der Waals surface area contributed by atoms with E-state index in [-0.39, 0.29) is 12.2 Å². The largest absolute Gasteiger partial charge is 0.573 e. The molecule has 1 aromatic rings. The van der Waals surface area contributed by atoms with Gasteiger partial charge in [0.15, 0.2) is 0 Å². The molecule has 1 aromatic carbocycles. The molecule has 1 rings (SSSR count). The van der Waals surface area contributed by atoms with Crippen LogP contribution in [0.4, 0.5) is 13.2 Å². The van der Waals surface area contributed by atoms with E-state index in [2.05, 4.69) is 4.74 Å². The predicted molar refractivity (Wildman–Crippen MR) is 61.7 cm³/mol. The van der Waals surface area contributed by atoms with Crippen LogP contribution < -0.4 is 4.74 Å². The maximum absolute atomic E-state index is 12.0. The van der Waals surface area contributed by atoms with Crippen LogP contribution >= 0.6 is 0 Å². The summed E-state index contributed by atoms with van der Waals surface area (Å²) in [6, 6.07) is 5.61. The molecule has 0 saturated heterocycles. The number of halogens is 3. The zero-order valence-corrected chi connectivity index (χ0v) is 10.3. The molecule has 0 aromatic heterocycles. The Morgan fingerprint density at radius 3 is 2.68 bits per heavy atom. The van der Waals surface area contributed by atoms with Crippen molar-refractivity contribution >= 4 is 5.97 Å². The van der Waals surface area contributed by atoms with E-state index in [0.29, 0.717) is 18.7 Å². The zero-order chi connectivity index (χ0) is 14.5. The number of alkyl halides is 3. The molecule has 0 heterocycles. The third kappa shape index (κ3) is 6.66. The Kier molecular flexibility index (Phi) is 5.17. The fourth-order valence-corrected chi connectivity index (χ4v) is 1.52.